The lowest BCUT2D eigenvalue weighted by atomic mass is 9.82. The number of methoxy groups -OCH3 is 1. The third-order valence-electron chi connectivity index (χ3n) is 6.61. The third kappa shape index (κ3) is 4.10. The normalized spacial score (nSPS) is 31.1. The molecule has 2 aliphatic heterocycles. The predicted molar refractivity (Wildman–Crippen MR) is 104 cm³/mol. The van der Waals surface area contributed by atoms with E-state index in [2.05, 4.69) is 10.3 Å². The van der Waals surface area contributed by atoms with Crippen molar-refractivity contribution in [2.45, 2.75) is 56.8 Å². The molecule has 1 aliphatic carbocycles. The van der Waals surface area contributed by atoms with E-state index in [1.807, 2.05) is 17.0 Å². The number of aliphatic hydroxyl groups is 1. The van der Waals surface area contributed by atoms with Crippen LogP contribution >= 0.6 is 0 Å². The van der Waals surface area contributed by atoms with Crippen LogP contribution in [-0.4, -0.2) is 60.0 Å². The Bertz CT molecular complexity index is 662. The van der Waals surface area contributed by atoms with Gasteiger partial charge in [-0.1, -0.05) is 25.7 Å². The summed E-state index contributed by atoms with van der Waals surface area (Å²) in [6, 6.07) is 3.64. The molecule has 1 aromatic rings. The molecular formula is C21H31N3O4. The molecule has 3 aliphatic rings. The van der Waals surface area contributed by atoms with Crippen LogP contribution in [0.5, 0.6) is 5.88 Å². The summed E-state index contributed by atoms with van der Waals surface area (Å²) < 4.78 is 11.0. The molecule has 0 radical (unpaired) electrons. The van der Waals surface area contributed by atoms with Crippen LogP contribution in [0.15, 0.2) is 18.3 Å². The Morgan fingerprint density at radius 2 is 2.11 bits per heavy atom. The first-order valence-electron chi connectivity index (χ1n) is 10.5. The fraction of sp³-hybridized carbons (Fsp3) is 0.714. The first-order valence-corrected chi connectivity index (χ1v) is 10.5. The van der Waals surface area contributed by atoms with Gasteiger partial charge in [0.25, 0.3) is 0 Å². The highest BCUT2D eigenvalue weighted by molar-refractivity contribution is 5.74. The van der Waals surface area contributed by atoms with Crippen LogP contribution in [0.2, 0.25) is 0 Å². The van der Waals surface area contributed by atoms with Crippen molar-refractivity contribution in [3.05, 3.63) is 23.9 Å². The van der Waals surface area contributed by atoms with Crippen molar-refractivity contribution in [2.75, 3.05) is 26.8 Å². The minimum Gasteiger partial charge on any atom is -0.481 e. The number of likely N-dealkylation sites (tertiary alicyclic amines) is 1. The van der Waals surface area contributed by atoms with Crippen LogP contribution < -0.4 is 10.1 Å². The van der Waals surface area contributed by atoms with Gasteiger partial charge in [0, 0.05) is 43.4 Å². The number of carbonyl (C=O) groups is 1. The summed E-state index contributed by atoms with van der Waals surface area (Å²) in [6.45, 7) is 1.88. The van der Waals surface area contributed by atoms with Gasteiger partial charge in [0.05, 0.1) is 19.3 Å². The van der Waals surface area contributed by atoms with E-state index in [0.717, 1.165) is 12.0 Å². The maximum absolute atomic E-state index is 12.9. The summed E-state index contributed by atoms with van der Waals surface area (Å²) >= 11 is 0. The lowest BCUT2D eigenvalue weighted by Gasteiger charge is -2.39. The molecule has 4 rings (SSSR count). The van der Waals surface area contributed by atoms with E-state index in [4.69, 9.17) is 9.47 Å². The fourth-order valence-electron chi connectivity index (χ4n) is 5.00. The second kappa shape index (κ2) is 8.66. The van der Waals surface area contributed by atoms with Crippen LogP contribution in [0.1, 0.15) is 50.2 Å². The van der Waals surface area contributed by atoms with Crippen molar-refractivity contribution in [1.82, 2.24) is 15.2 Å². The number of pyridine rings is 1. The summed E-state index contributed by atoms with van der Waals surface area (Å²) in [4.78, 5) is 19.1. The highest BCUT2D eigenvalue weighted by Crippen LogP contribution is 2.36. The average Bonchev–Trinajstić information content (AvgIpc) is 3.40. The molecule has 28 heavy (non-hydrogen) atoms. The zero-order valence-electron chi connectivity index (χ0n) is 16.5. The Balaban J connectivity index is 1.37. The number of hydrogen-bond acceptors (Lipinski definition) is 5. The second-order valence-corrected chi connectivity index (χ2v) is 8.28. The summed E-state index contributed by atoms with van der Waals surface area (Å²) in [6.07, 6.45) is 7.59. The van der Waals surface area contributed by atoms with Crippen molar-refractivity contribution >= 4 is 6.03 Å². The molecule has 0 unspecified atom stereocenters. The molecule has 7 heteroatoms. The van der Waals surface area contributed by atoms with E-state index in [1.54, 1.807) is 13.3 Å². The zero-order chi connectivity index (χ0) is 19.5. The number of nitrogens with zero attached hydrogens (tertiary/aromatic N) is 2. The predicted octanol–water partition coefficient (Wildman–Crippen LogP) is 2.50. The number of aliphatic hydroxyl groups excluding tert-OH is 1. The molecule has 0 aromatic carbocycles. The SMILES string of the molecule is COc1ccc([C@H]2OCC[C@@H]2NC(=O)N2CC[C@@H](O)[C@H](C3CCCC3)C2)cn1. The Morgan fingerprint density at radius 1 is 1.29 bits per heavy atom. The molecule has 154 valence electrons. The summed E-state index contributed by atoms with van der Waals surface area (Å²) in [7, 11) is 1.59. The molecule has 7 nitrogen and oxygen atoms in total. The number of hydrogen-bond donors (Lipinski definition) is 2. The van der Waals surface area contributed by atoms with Gasteiger partial charge in [-0.05, 0) is 24.8 Å². The van der Waals surface area contributed by atoms with Gasteiger partial charge >= 0.3 is 6.03 Å². The van der Waals surface area contributed by atoms with Crippen molar-refractivity contribution in [2.24, 2.45) is 11.8 Å². The molecule has 2 N–H and O–H groups in total. The Labute approximate surface area is 166 Å². The van der Waals surface area contributed by atoms with Gasteiger partial charge in [-0.3, -0.25) is 0 Å². The van der Waals surface area contributed by atoms with Gasteiger partial charge in [0.1, 0.15) is 6.10 Å². The van der Waals surface area contributed by atoms with Crippen molar-refractivity contribution < 1.29 is 19.4 Å². The first kappa shape index (κ1) is 19.5. The topological polar surface area (TPSA) is 83.9 Å². The largest absolute Gasteiger partial charge is 0.481 e. The second-order valence-electron chi connectivity index (χ2n) is 8.28. The van der Waals surface area contributed by atoms with Gasteiger partial charge in [0.2, 0.25) is 5.88 Å². The molecule has 3 heterocycles. The Morgan fingerprint density at radius 3 is 2.82 bits per heavy atom. The van der Waals surface area contributed by atoms with E-state index in [1.165, 1.54) is 25.7 Å². The maximum atomic E-state index is 12.9. The number of ether oxygens (including phenoxy) is 2. The van der Waals surface area contributed by atoms with Crippen molar-refractivity contribution in [1.29, 1.82) is 0 Å². The van der Waals surface area contributed by atoms with Crippen LogP contribution in [0.25, 0.3) is 0 Å². The van der Waals surface area contributed by atoms with Gasteiger partial charge in [0.15, 0.2) is 0 Å². The number of urea groups is 1. The van der Waals surface area contributed by atoms with Crippen LogP contribution in [0.4, 0.5) is 4.79 Å². The number of carbonyl (C=O) groups excluding carboxylic acids is 1. The van der Waals surface area contributed by atoms with Gasteiger partial charge in [-0.15, -0.1) is 0 Å². The lowest BCUT2D eigenvalue weighted by molar-refractivity contribution is 0.0116. The van der Waals surface area contributed by atoms with Gasteiger partial charge < -0.3 is 24.8 Å². The summed E-state index contributed by atoms with van der Waals surface area (Å²) in [5, 5.41) is 13.6. The van der Waals surface area contributed by atoms with E-state index < -0.39 is 0 Å². The highest BCUT2D eigenvalue weighted by atomic mass is 16.5. The smallest absolute Gasteiger partial charge is 0.317 e. The number of piperidine rings is 1. The first-order chi connectivity index (χ1) is 13.7. The van der Waals surface area contributed by atoms with Crippen LogP contribution in [-0.2, 0) is 4.74 Å². The Kier molecular flexibility index (Phi) is 6.01. The van der Waals surface area contributed by atoms with Gasteiger partial charge in [-0.25, -0.2) is 9.78 Å². The molecule has 1 saturated carbocycles. The maximum Gasteiger partial charge on any atom is 0.317 e. The minimum absolute atomic E-state index is 0.0446. The fourth-order valence-corrected chi connectivity index (χ4v) is 5.00. The monoisotopic (exact) mass is 389 g/mol. The Hall–Kier alpha value is -1.86. The van der Waals surface area contributed by atoms with Crippen molar-refractivity contribution in [3.8, 4) is 5.88 Å². The highest BCUT2D eigenvalue weighted by Gasteiger charge is 2.38. The van der Waals surface area contributed by atoms with Gasteiger partial charge in [-0.2, -0.15) is 0 Å². The number of rotatable bonds is 4. The number of nitrogens with one attached hydrogen (secondary N) is 1. The van der Waals surface area contributed by atoms with E-state index in [-0.39, 0.29) is 30.2 Å². The lowest BCUT2D eigenvalue weighted by Crippen LogP contribution is -2.53. The summed E-state index contributed by atoms with van der Waals surface area (Å²) in [5.41, 5.74) is 0.946. The molecule has 2 saturated heterocycles. The minimum atomic E-state index is -0.278. The molecule has 1 aromatic heterocycles. The molecule has 0 spiro atoms. The van der Waals surface area contributed by atoms with Crippen molar-refractivity contribution in [3.63, 3.8) is 0 Å². The van der Waals surface area contributed by atoms with E-state index >= 15 is 0 Å². The average molecular weight is 389 g/mol. The quantitative estimate of drug-likeness (QED) is 0.827. The van der Waals surface area contributed by atoms with Crippen LogP contribution in [0, 0.1) is 11.8 Å². The molecule has 2 amide bonds. The molecule has 3 fully saturated rings. The molecular weight excluding hydrogens is 358 g/mol. The number of aromatic nitrogens is 1. The van der Waals surface area contributed by atoms with E-state index in [0.29, 0.717) is 37.9 Å². The zero-order valence-corrected chi connectivity index (χ0v) is 16.5. The van der Waals surface area contributed by atoms with Crippen LogP contribution in [0.3, 0.4) is 0 Å². The summed E-state index contributed by atoms with van der Waals surface area (Å²) in [5.74, 6) is 1.33. The standard InChI is InChI=1S/C21H31N3O4/c1-27-19-7-6-15(12-22-19)20-17(9-11-28-20)23-21(26)24-10-8-18(25)16(13-24)14-4-2-3-5-14/h6-7,12,14,16-18,20,25H,2-5,8-11,13H2,1H3,(H,23,26)/t16-,17-,18+,20+/m0/s1. The molecule has 0 bridgehead atoms. The molecule has 4 atom stereocenters. The van der Waals surface area contributed by atoms with E-state index in [9.17, 15) is 9.90 Å². The third-order valence-corrected chi connectivity index (χ3v) is 6.61. The number of amides is 2.